The van der Waals surface area contributed by atoms with Crippen LogP contribution in [0, 0.1) is 5.92 Å². The Balaban J connectivity index is 1.48. The summed E-state index contributed by atoms with van der Waals surface area (Å²) in [4.78, 5) is 60.4. The first-order chi connectivity index (χ1) is 17.2. The van der Waals surface area contributed by atoms with Crippen molar-refractivity contribution in [3.05, 3.63) is 48.0 Å². The highest BCUT2D eigenvalue weighted by molar-refractivity contribution is 5.97. The fourth-order valence-electron chi connectivity index (χ4n) is 3.43. The van der Waals surface area contributed by atoms with E-state index in [0.29, 0.717) is 22.9 Å². The van der Waals surface area contributed by atoms with Gasteiger partial charge in [0.25, 0.3) is 11.8 Å². The third-order valence-corrected chi connectivity index (χ3v) is 5.18. The molecule has 12 nitrogen and oxygen atoms in total. The first-order valence-electron chi connectivity index (χ1n) is 10.9. The number of esters is 1. The molecule has 190 valence electrons. The Morgan fingerprint density at radius 2 is 1.58 bits per heavy atom. The summed E-state index contributed by atoms with van der Waals surface area (Å²) >= 11 is 0. The quantitative estimate of drug-likeness (QED) is 0.438. The summed E-state index contributed by atoms with van der Waals surface area (Å²) in [6.07, 6.45) is -0.169. The highest BCUT2D eigenvalue weighted by atomic mass is 16.5. The molecule has 0 bridgehead atoms. The normalized spacial score (nSPS) is 14.6. The number of carbonyl (C=O) groups is 5. The Hall–Kier alpha value is -4.61. The standard InChI is InChI=1S/C24H26N4O8/c1-14(29)25-17-5-7-18(8-6-17)26-21(30)13-36-24(33)16-11-22(31)28(12-16)27-23(32)15-4-9-19(34-2)20(10-15)35-3/h4-10,16H,11-13H2,1-3H3,(H,25,29)(H,26,30)(H,27,32)/t16-/m0/s1. The van der Waals surface area contributed by atoms with Crippen LogP contribution in [0.25, 0.3) is 0 Å². The van der Waals surface area contributed by atoms with Crippen LogP contribution >= 0.6 is 0 Å². The molecule has 0 unspecified atom stereocenters. The molecule has 2 aromatic rings. The summed E-state index contributed by atoms with van der Waals surface area (Å²) in [5, 5.41) is 6.21. The molecule has 2 aromatic carbocycles. The Kier molecular flexibility index (Phi) is 8.44. The molecular formula is C24H26N4O8. The molecule has 1 heterocycles. The summed E-state index contributed by atoms with van der Waals surface area (Å²) in [5.74, 6) is -2.60. The molecule has 1 atom stereocenters. The Morgan fingerprint density at radius 3 is 2.19 bits per heavy atom. The minimum absolute atomic E-state index is 0.0943. The number of hydrazine groups is 1. The Bertz CT molecular complexity index is 1170. The SMILES string of the molecule is COc1ccc(C(=O)NN2C[C@@H](C(=O)OCC(=O)Nc3ccc(NC(C)=O)cc3)CC2=O)cc1OC. The number of nitrogens with one attached hydrogen (secondary N) is 3. The number of amides is 4. The van der Waals surface area contributed by atoms with Crippen molar-refractivity contribution in [3.8, 4) is 11.5 Å². The van der Waals surface area contributed by atoms with Crippen LogP contribution in [0.1, 0.15) is 23.7 Å². The zero-order chi connectivity index (χ0) is 26.2. The molecule has 1 aliphatic rings. The maximum Gasteiger partial charge on any atom is 0.311 e. The minimum Gasteiger partial charge on any atom is -0.493 e. The van der Waals surface area contributed by atoms with E-state index < -0.39 is 36.2 Å². The fraction of sp³-hybridized carbons (Fsp3) is 0.292. The van der Waals surface area contributed by atoms with Gasteiger partial charge < -0.3 is 24.8 Å². The van der Waals surface area contributed by atoms with Crippen molar-refractivity contribution in [1.29, 1.82) is 0 Å². The van der Waals surface area contributed by atoms with Gasteiger partial charge in [0.1, 0.15) is 0 Å². The van der Waals surface area contributed by atoms with Crippen LogP contribution in [0.3, 0.4) is 0 Å². The number of methoxy groups -OCH3 is 2. The number of ether oxygens (including phenoxy) is 3. The molecule has 36 heavy (non-hydrogen) atoms. The van der Waals surface area contributed by atoms with Gasteiger partial charge in [-0.3, -0.25) is 34.4 Å². The number of benzene rings is 2. The zero-order valence-electron chi connectivity index (χ0n) is 20.0. The van der Waals surface area contributed by atoms with E-state index in [2.05, 4.69) is 16.1 Å². The van der Waals surface area contributed by atoms with E-state index in [4.69, 9.17) is 14.2 Å². The monoisotopic (exact) mass is 498 g/mol. The average Bonchev–Trinajstić information content (AvgIpc) is 3.22. The van der Waals surface area contributed by atoms with Crippen molar-refractivity contribution in [2.45, 2.75) is 13.3 Å². The highest BCUT2D eigenvalue weighted by Crippen LogP contribution is 2.27. The number of carbonyl (C=O) groups excluding carboxylic acids is 5. The lowest BCUT2D eigenvalue weighted by molar-refractivity contribution is -0.151. The van der Waals surface area contributed by atoms with E-state index in [1.54, 1.807) is 30.3 Å². The van der Waals surface area contributed by atoms with Crippen molar-refractivity contribution in [1.82, 2.24) is 10.4 Å². The van der Waals surface area contributed by atoms with Crippen molar-refractivity contribution >= 4 is 41.0 Å². The van der Waals surface area contributed by atoms with E-state index >= 15 is 0 Å². The maximum absolute atomic E-state index is 12.6. The number of anilines is 2. The second-order valence-electron chi connectivity index (χ2n) is 7.83. The van der Waals surface area contributed by atoms with Crippen LogP contribution in [0.4, 0.5) is 11.4 Å². The summed E-state index contributed by atoms with van der Waals surface area (Å²) in [7, 11) is 2.90. The summed E-state index contributed by atoms with van der Waals surface area (Å²) in [5.41, 5.74) is 3.72. The summed E-state index contributed by atoms with van der Waals surface area (Å²) < 4.78 is 15.4. The molecule has 3 rings (SSSR count). The van der Waals surface area contributed by atoms with Gasteiger partial charge in [-0.05, 0) is 42.5 Å². The van der Waals surface area contributed by atoms with Crippen molar-refractivity contribution in [3.63, 3.8) is 0 Å². The number of rotatable bonds is 9. The van der Waals surface area contributed by atoms with Crippen LogP contribution in [-0.2, 0) is 23.9 Å². The maximum atomic E-state index is 12.6. The topological polar surface area (TPSA) is 152 Å². The Morgan fingerprint density at radius 1 is 0.944 bits per heavy atom. The predicted octanol–water partition coefficient (Wildman–Crippen LogP) is 1.34. The van der Waals surface area contributed by atoms with Gasteiger partial charge in [0, 0.05) is 30.3 Å². The van der Waals surface area contributed by atoms with Gasteiger partial charge in [-0.1, -0.05) is 0 Å². The summed E-state index contributed by atoms with van der Waals surface area (Å²) in [6, 6.07) is 10.9. The van der Waals surface area contributed by atoms with Crippen molar-refractivity contribution in [2.75, 3.05) is 38.0 Å². The Labute approximate surface area is 206 Å². The molecule has 3 N–H and O–H groups in total. The van der Waals surface area contributed by atoms with Gasteiger partial charge >= 0.3 is 5.97 Å². The molecule has 1 saturated heterocycles. The molecular weight excluding hydrogens is 472 g/mol. The molecule has 4 amide bonds. The van der Waals surface area contributed by atoms with Gasteiger partial charge in [0.15, 0.2) is 18.1 Å². The number of nitrogens with zero attached hydrogens (tertiary/aromatic N) is 1. The van der Waals surface area contributed by atoms with E-state index in [0.717, 1.165) is 5.01 Å². The van der Waals surface area contributed by atoms with Crippen LogP contribution in [0.2, 0.25) is 0 Å². The average molecular weight is 498 g/mol. The second-order valence-corrected chi connectivity index (χ2v) is 7.83. The fourth-order valence-corrected chi connectivity index (χ4v) is 3.43. The molecule has 0 aromatic heterocycles. The van der Waals surface area contributed by atoms with Crippen LogP contribution in [0.15, 0.2) is 42.5 Å². The molecule has 0 aliphatic carbocycles. The zero-order valence-corrected chi connectivity index (χ0v) is 20.0. The van der Waals surface area contributed by atoms with Gasteiger partial charge in [0.05, 0.1) is 26.7 Å². The van der Waals surface area contributed by atoms with Gasteiger partial charge in [-0.25, -0.2) is 0 Å². The third-order valence-electron chi connectivity index (χ3n) is 5.18. The van der Waals surface area contributed by atoms with Gasteiger partial charge in [-0.15, -0.1) is 0 Å². The predicted molar refractivity (Wildman–Crippen MR) is 127 cm³/mol. The molecule has 0 spiro atoms. The van der Waals surface area contributed by atoms with Gasteiger partial charge in [0.2, 0.25) is 11.8 Å². The number of hydrogen-bond donors (Lipinski definition) is 3. The number of hydrogen-bond acceptors (Lipinski definition) is 8. The minimum atomic E-state index is -0.840. The highest BCUT2D eigenvalue weighted by Gasteiger charge is 2.36. The van der Waals surface area contributed by atoms with E-state index in [1.807, 2.05) is 0 Å². The lowest BCUT2D eigenvalue weighted by Gasteiger charge is -2.18. The van der Waals surface area contributed by atoms with Crippen molar-refractivity contribution < 1.29 is 38.2 Å². The summed E-state index contributed by atoms with van der Waals surface area (Å²) in [6.45, 7) is 0.741. The van der Waals surface area contributed by atoms with E-state index in [9.17, 15) is 24.0 Å². The van der Waals surface area contributed by atoms with Crippen LogP contribution in [0.5, 0.6) is 11.5 Å². The smallest absolute Gasteiger partial charge is 0.311 e. The molecule has 0 saturated carbocycles. The third kappa shape index (κ3) is 6.72. The lowest BCUT2D eigenvalue weighted by atomic mass is 10.1. The molecule has 1 fully saturated rings. The van der Waals surface area contributed by atoms with E-state index in [1.165, 1.54) is 33.3 Å². The first-order valence-corrected chi connectivity index (χ1v) is 10.9. The van der Waals surface area contributed by atoms with Crippen LogP contribution in [-0.4, -0.2) is 62.0 Å². The van der Waals surface area contributed by atoms with Gasteiger partial charge in [-0.2, -0.15) is 0 Å². The van der Waals surface area contributed by atoms with Crippen LogP contribution < -0.4 is 25.5 Å². The van der Waals surface area contributed by atoms with Crippen molar-refractivity contribution in [2.24, 2.45) is 5.92 Å². The molecule has 12 heteroatoms. The van der Waals surface area contributed by atoms with E-state index in [-0.39, 0.29) is 24.4 Å². The first kappa shape index (κ1) is 26.0. The largest absolute Gasteiger partial charge is 0.493 e. The molecule has 0 radical (unpaired) electrons. The lowest BCUT2D eigenvalue weighted by Crippen LogP contribution is -2.43. The second kappa shape index (κ2) is 11.7. The molecule has 1 aliphatic heterocycles.